The Morgan fingerprint density at radius 1 is 1.26 bits per heavy atom. The molecule has 1 unspecified atom stereocenters. The first-order chi connectivity index (χ1) is 8.95. The molecule has 1 rings (SSSR count). The van der Waals surface area contributed by atoms with Gasteiger partial charge in [0.25, 0.3) is 0 Å². The second-order valence-corrected chi connectivity index (χ2v) is 5.13. The Hall–Kier alpha value is -1.57. The number of ether oxygens (including phenoxy) is 1. The van der Waals surface area contributed by atoms with Crippen LogP contribution in [0.3, 0.4) is 0 Å². The number of benzene rings is 1. The second kappa shape index (κ2) is 6.55. The van der Waals surface area contributed by atoms with Crippen molar-refractivity contribution in [3.63, 3.8) is 0 Å². The Morgan fingerprint density at radius 2 is 1.84 bits per heavy atom. The molecule has 104 valence electrons. The summed E-state index contributed by atoms with van der Waals surface area (Å²) in [4.78, 5) is 11.9. The van der Waals surface area contributed by atoms with Gasteiger partial charge in [0.1, 0.15) is 5.60 Å². The molecule has 0 aliphatic carbocycles. The molecule has 1 aromatic carbocycles. The highest BCUT2D eigenvalue weighted by Crippen LogP contribution is 2.35. The minimum atomic E-state index is -0.529. The number of esters is 1. The molecule has 2 heteroatoms. The fourth-order valence-electron chi connectivity index (χ4n) is 2.23. The molecule has 0 aliphatic heterocycles. The van der Waals surface area contributed by atoms with Crippen LogP contribution in [0.25, 0.3) is 0 Å². The molecule has 1 atom stereocenters. The lowest BCUT2D eigenvalue weighted by molar-refractivity contribution is -0.157. The van der Waals surface area contributed by atoms with E-state index in [1.54, 1.807) is 6.92 Å². The lowest BCUT2D eigenvalue weighted by Gasteiger charge is -2.33. The first-order valence-corrected chi connectivity index (χ1v) is 6.91. The Labute approximate surface area is 116 Å². The lowest BCUT2D eigenvalue weighted by Crippen LogP contribution is -2.32. The van der Waals surface area contributed by atoms with Gasteiger partial charge in [-0.1, -0.05) is 56.7 Å². The summed E-state index contributed by atoms with van der Waals surface area (Å²) in [5, 5.41) is 0. The zero-order valence-electron chi connectivity index (χ0n) is 12.5. The first-order valence-electron chi connectivity index (χ1n) is 6.91. The quantitative estimate of drug-likeness (QED) is 0.555. The molecule has 0 saturated carbocycles. The monoisotopic (exact) mass is 260 g/mol. The van der Waals surface area contributed by atoms with Gasteiger partial charge in [-0.25, -0.2) is 4.79 Å². The molecule has 0 amide bonds. The Balaban J connectivity index is 3.14. The maximum absolute atomic E-state index is 11.9. The van der Waals surface area contributed by atoms with Gasteiger partial charge < -0.3 is 4.74 Å². The van der Waals surface area contributed by atoms with Crippen molar-refractivity contribution in [2.24, 2.45) is 0 Å². The standard InChI is InChI=1S/C17H24O2/c1-6-12-17(7-2,19-16(18)13(3)4)15-10-8-14(5)9-11-15/h8-11H,3,6-7,12H2,1-2,4-5H3. The van der Waals surface area contributed by atoms with Crippen molar-refractivity contribution >= 4 is 5.97 Å². The normalized spacial score (nSPS) is 13.7. The van der Waals surface area contributed by atoms with Gasteiger partial charge in [0.05, 0.1) is 0 Å². The van der Waals surface area contributed by atoms with Crippen LogP contribution in [0.4, 0.5) is 0 Å². The van der Waals surface area contributed by atoms with Crippen LogP contribution >= 0.6 is 0 Å². The SMILES string of the molecule is C=C(C)C(=O)OC(CC)(CCC)c1ccc(C)cc1. The van der Waals surface area contributed by atoms with Crippen LogP contribution in [0.5, 0.6) is 0 Å². The molecule has 2 nitrogen and oxygen atoms in total. The topological polar surface area (TPSA) is 26.3 Å². The van der Waals surface area contributed by atoms with E-state index < -0.39 is 5.60 Å². The predicted octanol–water partition coefficient (Wildman–Crippen LogP) is 4.52. The number of carbonyl (C=O) groups excluding carboxylic acids is 1. The number of hydrogen-bond acceptors (Lipinski definition) is 2. The van der Waals surface area contributed by atoms with Gasteiger partial charge in [0, 0.05) is 5.57 Å². The third-order valence-corrected chi connectivity index (χ3v) is 3.44. The summed E-state index contributed by atoms with van der Waals surface area (Å²) in [5.41, 5.74) is 2.19. The van der Waals surface area contributed by atoms with E-state index in [1.807, 2.05) is 0 Å². The summed E-state index contributed by atoms with van der Waals surface area (Å²) >= 11 is 0. The van der Waals surface area contributed by atoms with Crippen LogP contribution in [0.1, 0.15) is 51.2 Å². The van der Waals surface area contributed by atoms with Gasteiger partial charge in [0.15, 0.2) is 0 Å². The molecule has 0 saturated heterocycles. The van der Waals surface area contributed by atoms with E-state index in [2.05, 4.69) is 51.6 Å². The zero-order valence-corrected chi connectivity index (χ0v) is 12.5. The van der Waals surface area contributed by atoms with Crippen LogP contribution in [-0.2, 0) is 15.1 Å². The molecule has 0 N–H and O–H groups in total. The highest BCUT2D eigenvalue weighted by molar-refractivity contribution is 5.87. The molecule has 0 aromatic heterocycles. The second-order valence-electron chi connectivity index (χ2n) is 5.13. The summed E-state index contributed by atoms with van der Waals surface area (Å²) in [6.07, 6.45) is 2.56. The Morgan fingerprint density at radius 3 is 2.26 bits per heavy atom. The molecule has 0 radical (unpaired) electrons. The molecule has 19 heavy (non-hydrogen) atoms. The zero-order chi connectivity index (χ0) is 14.5. The Bertz CT molecular complexity index is 445. The third kappa shape index (κ3) is 3.69. The molecular formula is C17H24O2. The maximum Gasteiger partial charge on any atom is 0.333 e. The smallest absolute Gasteiger partial charge is 0.333 e. The van der Waals surface area contributed by atoms with Crippen LogP contribution < -0.4 is 0 Å². The van der Waals surface area contributed by atoms with Crippen molar-refractivity contribution in [2.45, 2.75) is 52.6 Å². The van der Waals surface area contributed by atoms with Gasteiger partial charge >= 0.3 is 5.97 Å². The van der Waals surface area contributed by atoms with Crippen molar-refractivity contribution in [2.75, 3.05) is 0 Å². The Kier molecular flexibility index (Phi) is 5.34. The van der Waals surface area contributed by atoms with Crippen LogP contribution in [0.2, 0.25) is 0 Å². The van der Waals surface area contributed by atoms with Gasteiger partial charge in [-0.15, -0.1) is 0 Å². The average Bonchev–Trinajstić information content (AvgIpc) is 2.38. The van der Waals surface area contributed by atoms with E-state index in [0.717, 1.165) is 24.8 Å². The summed E-state index contributed by atoms with van der Waals surface area (Å²) in [7, 11) is 0. The van der Waals surface area contributed by atoms with Crippen LogP contribution in [0, 0.1) is 6.92 Å². The first kappa shape index (κ1) is 15.5. The van der Waals surface area contributed by atoms with Crippen molar-refractivity contribution in [1.82, 2.24) is 0 Å². The van der Waals surface area contributed by atoms with Gasteiger partial charge in [0.2, 0.25) is 0 Å². The highest BCUT2D eigenvalue weighted by atomic mass is 16.6. The van der Waals surface area contributed by atoms with E-state index in [1.165, 1.54) is 5.56 Å². The summed E-state index contributed by atoms with van der Waals surface area (Å²) in [6, 6.07) is 8.23. The largest absolute Gasteiger partial charge is 0.451 e. The molecule has 0 bridgehead atoms. The van der Waals surface area contributed by atoms with E-state index in [4.69, 9.17) is 4.74 Å². The van der Waals surface area contributed by atoms with Crippen molar-refractivity contribution in [3.05, 3.63) is 47.5 Å². The molecule has 0 aliphatic rings. The predicted molar refractivity (Wildman–Crippen MR) is 79.0 cm³/mol. The van der Waals surface area contributed by atoms with Gasteiger partial charge in [-0.3, -0.25) is 0 Å². The van der Waals surface area contributed by atoms with Crippen LogP contribution in [0.15, 0.2) is 36.4 Å². The van der Waals surface area contributed by atoms with E-state index in [0.29, 0.717) is 5.57 Å². The minimum absolute atomic E-state index is 0.309. The van der Waals surface area contributed by atoms with E-state index in [-0.39, 0.29) is 5.97 Å². The van der Waals surface area contributed by atoms with Gasteiger partial charge in [-0.2, -0.15) is 0 Å². The molecular weight excluding hydrogens is 236 g/mol. The lowest BCUT2D eigenvalue weighted by atomic mass is 9.86. The van der Waals surface area contributed by atoms with Crippen LogP contribution in [-0.4, -0.2) is 5.97 Å². The fraction of sp³-hybridized carbons (Fsp3) is 0.471. The minimum Gasteiger partial charge on any atom is -0.451 e. The third-order valence-electron chi connectivity index (χ3n) is 3.44. The molecule has 0 spiro atoms. The number of hydrogen-bond donors (Lipinski definition) is 0. The van der Waals surface area contributed by atoms with Crippen molar-refractivity contribution < 1.29 is 9.53 Å². The number of aryl methyl sites for hydroxylation is 1. The van der Waals surface area contributed by atoms with Crippen molar-refractivity contribution in [3.8, 4) is 0 Å². The van der Waals surface area contributed by atoms with E-state index >= 15 is 0 Å². The summed E-state index contributed by atoms with van der Waals surface area (Å²) in [5.74, 6) is -0.309. The van der Waals surface area contributed by atoms with Crippen molar-refractivity contribution in [1.29, 1.82) is 0 Å². The molecule has 1 aromatic rings. The number of carbonyl (C=O) groups is 1. The maximum atomic E-state index is 11.9. The molecule has 0 fully saturated rings. The number of rotatable bonds is 6. The van der Waals surface area contributed by atoms with Gasteiger partial charge in [-0.05, 0) is 32.3 Å². The summed E-state index contributed by atoms with van der Waals surface area (Å²) < 4.78 is 5.78. The van der Waals surface area contributed by atoms with E-state index in [9.17, 15) is 4.79 Å². The summed E-state index contributed by atoms with van der Waals surface area (Å²) in [6.45, 7) is 11.6. The molecule has 0 heterocycles. The fourth-order valence-corrected chi connectivity index (χ4v) is 2.23. The highest BCUT2D eigenvalue weighted by Gasteiger charge is 2.33. The average molecular weight is 260 g/mol.